The molecule has 0 unspecified atom stereocenters. The largest absolute Gasteiger partial charge is 0.478 e. The molecule has 0 bridgehead atoms. The van der Waals surface area contributed by atoms with Crippen LogP contribution in [0.15, 0.2) is 35.2 Å². The molecule has 0 aromatic heterocycles. The van der Waals surface area contributed by atoms with E-state index in [1.54, 1.807) is 0 Å². The van der Waals surface area contributed by atoms with Crippen LogP contribution >= 0.6 is 23.2 Å². The van der Waals surface area contributed by atoms with Crippen LogP contribution in [0.3, 0.4) is 0 Å². The molecule has 0 saturated carbocycles. The van der Waals surface area contributed by atoms with Crippen molar-refractivity contribution in [1.82, 2.24) is 0 Å². The second kappa shape index (κ2) is 6.23. The van der Waals surface area contributed by atoms with Crippen LogP contribution in [0.25, 0.3) is 0 Å². The highest BCUT2D eigenvalue weighted by Crippen LogP contribution is 2.32. The van der Waals surface area contributed by atoms with Crippen molar-refractivity contribution in [2.75, 3.05) is 10.5 Å². The van der Waals surface area contributed by atoms with Crippen LogP contribution in [0, 0.1) is 5.82 Å². The zero-order chi connectivity index (χ0) is 17.4. The third-order valence-corrected chi connectivity index (χ3v) is 4.81. The first-order chi connectivity index (χ1) is 10.6. The molecule has 0 fully saturated rings. The Labute approximate surface area is 140 Å². The molecule has 0 saturated heterocycles. The maximum atomic E-state index is 13.6. The highest BCUT2D eigenvalue weighted by molar-refractivity contribution is 7.92. The van der Waals surface area contributed by atoms with E-state index in [2.05, 4.69) is 0 Å². The van der Waals surface area contributed by atoms with Gasteiger partial charge < -0.3 is 10.8 Å². The van der Waals surface area contributed by atoms with Crippen LogP contribution in [0.5, 0.6) is 0 Å². The number of aromatic carboxylic acids is 1. The molecule has 0 radical (unpaired) electrons. The standard InChI is InChI=1S/C13H9Cl2FN2O4S/c14-7-4-6(5-8(15)12(7)17)23(21,22)18-10-3-1-2-9(16)11(10)13(19)20/h1-5,18H,17H2,(H,19,20). The van der Waals surface area contributed by atoms with Gasteiger partial charge in [-0.15, -0.1) is 0 Å². The summed E-state index contributed by atoms with van der Waals surface area (Å²) in [4.78, 5) is 10.7. The molecule has 6 nitrogen and oxygen atoms in total. The third kappa shape index (κ3) is 3.49. The minimum absolute atomic E-state index is 0.00395. The minimum Gasteiger partial charge on any atom is -0.478 e. The van der Waals surface area contributed by atoms with Gasteiger partial charge in [0.25, 0.3) is 10.0 Å². The Morgan fingerprint density at radius 3 is 2.30 bits per heavy atom. The Morgan fingerprint density at radius 2 is 1.78 bits per heavy atom. The molecule has 4 N–H and O–H groups in total. The lowest BCUT2D eigenvalue weighted by atomic mass is 10.2. The first-order valence-corrected chi connectivity index (χ1v) is 8.16. The van der Waals surface area contributed by atoms with Gasteiger partial charge in [-0.05, 0) is 24.3 Å². The monoisotopic (exact) mass is 378 g/mol. The summed E-state index contributed by atoms with van der Waals surface area (Å²) in [5.74, 6) is -2.69. The van der Waals surface area contributed by atoms with Crippen LogP contribution in [0.4, 0.5) is 15.8 Å². The van der Waals surface area contributed by atoms with Crippen molar-refractivity contribution in [3.63, 3.8) is 0 Å². The summed E-state index contributed by atoms with van der Waals surface area (Å²) in [5.41, 5.74) is 4.30. The van der Waals surface area contributed by atoms with Gasteiger partial charge in [-0.3, -0.25) is 4.72 Å². The lowest BCUT2D eigenvalue weighted by Gasteiger charge is -2.12. The number of carbonyl (C=O) groups is 1. The smallest absolute Gasteiger partial charge is 0.340 e. The topological polar surface area (TPSA) is 109 Å². The maximum absolute atomic E-state index is 13.6. The molecule has 2 aromatic carbocycles. The Morgan fingerprint density at radius 1 is 1.22 bits per heavy atom. The second-order valence-corrected chi connectivity index (χ2v) is 6.87. The first kappa shape index (κ1) is 17.3. The molecule has 10 heteroatoms. The maximum Gasteiger partial charge on any atom is 0.340 e. The van der Waals surface area contributed by atoms with E-state index in [1.165, 1.54) is 6.07 Å². The molecule has 0 atom stereocenters. The van der Waals surface area contributed by atoms with E-state index in [0.717, 1.165) is 24.3 Å². The first-order valence-electron chi connectivity index (χ1n) is 5.92. The Balaban J connectivity index is 2.52. The van der Waals surface area contributed by atoms with Crippen molar-refractivity contribution in [2.45, 2.75) is 4.90 Å². The fourth-order valence-electron chi connectivity index (χ4n) is 1.75. The van der Waals surface area contributed by atoms with Gasteiger partial charge in [0.1, 0.15) is 11.4 Å². The molecule has 0 aliphatic carbocycles. The zero-order valence-electron chi connectivity index (χ0n) is 11.2. The summed E-state index contributed by atoms with van der Waals surface area (Å²) in [5, 5.41) is 8.83. The average Bonchev–Trinajstić information content (AvgIpc) is 2.43. The van der Waals surface area contributed by atoms with E-state index in [9.17, 15) is 17.6 Å². The summed E-state index contributed by atoms with van der Waals surface area (Å²) in [6.07, 6.45) is 0. The van der Waals surface area contributed by atoms with Crippen molar-refractivity contribution < 1.29 is 22.7 Å². The highest BCUT2D eigenvalue weighted by atomic mass is 35.5. The molecule has 0 aliphatic rings. The summed E-state index contributed by atoms with van der Waals surface area (Å²) in [7, 11) is -4.25. The second-order valence-electron chi connectivity index (χ2n) is 4.37. The van der Waals surface area contributed by atoms with Crippen LogP contribution in [-0.4, -0.2) is 19.5 Å². The normalized spacial score (nSPS) is 11.3. The van der Waals surface area contributed by atoms with Gasteiger partial charge in [-0.2, -0.15) is 0 Å². The number of halogens is 3. The van der Waals surface area contributed by atoms with Crippen LogP contribution in [0.1, 0.15) is 10.4 Å². The van der Waals surface area contributed by atoms with E-state index in [0.29, 0.717) is 0 Å². The molecule has 122 valence electrons. The number of rotatable bonds is 4. The van der Waals surface area contributed by atoms with Crippen molar-refractivity contribution in [3.05, 3.63) is 51.8 Å². The molecule has 2 rings (SSSR count). The molecule has 23 heavy (non-hydrogen) atoms. The van der Waals surface area contributed by atoms with E-state index in [4.69, 9.17) is 34.0 Å². The quantitative estimate of drug-likeness (QED) is 0.707. The summed E-state index contributed by atoms with van der Waals surface area (Å²) >= 11 is 11.6. The lowest BCUT2D eigenvalue weighted by molar-refractivity contribution is 0.0693. The predicted octanol–water partition coefficient (Wildman–Crippen LogP) is 3.21. The van der Waals surface area contributed by atoms with E-state index >= 15 is 0 Å². The Kier molecular flexibility index (Phi) is 4.69. The predicted molar refractivity (Wildman–Crippen MR) is 85.0 cm³/mol. The zero-order valence-corrected chi connectivity index (χ0v) is 13.5. The summed E-state index contributed by atoms with van der Waals surface area (Å²) < 4.78 is 40.2. The van der Waals surface area contributed by atoms with Crippen molar-refractivity contribution in [3.8, 4) is 0 Å². The molecule has 0 amide bonds. The molecule has 0 spiro atoms. The van der Waals surface area contributed by atoms with Gasteiger partial charge >= 0.3 is 5.97 Å². The van der Waals surface area contributed by atoms with Gasteiger partial charge in [0.15, 0.2) is 0 Å². The highest BCUT2D eigenvalue weighted by Gasteiger charge is 2.22. The Hall–Kier alpha value is -2.03. The summed E-state index contributed by atoms with van der Waals surface area (Å²) in [6, 6.07) is 5.28. The van der Waals surface area contributed by atoms with E-state index in [1.807, 2.05) is 4.72 Å². The fraction of sp³-hybridized carbons (Fsp3) is 0. The number of hydrogen-bond acceptors (Lipinski definition) is 4. The van der Waals surface area contributed by atoms with Gasteiger partial charge in [0.2, 0.25) is 0 Å². The number of anilines is 2. The van der Waals surface area contributed by atoms with Gasteiger partial charge in [0.05, 0.1) is 26.3 Å². The van der Waals surface area contributed by atoms with Crippen molar-refractivity contribution in [1.29, 1.82) is 0 Å². The van der Waals surface area contributed by atoms with Gasteiger partial charge in [0, 0.05) is 0 Å². The molecular formula is C13H9Cl2FN2O4S. The number of sulfonamides is 1. The van der Waals surface area contributed by atoms with E-state index in [-0.39, 0.29) is 20.6 Å². The number of nitrogens with one attached hydrogen (secondary N) is 1. The number of nitrogen functional groups attached to an aromatic ring is 1. The number of nitrogens with two attached hydrogens (primary N) is 1. The molecular weight excluding hydrogens is 370 g/mol. The fourth-order valence-corrected chi connectivity index (χ4v) is 3.49. The number of benzene rings is 2. The summed E-state index contributed by atoms with van der Waals surface area (Å²) in [6.45, 7) is 0. The van der Waals surface area contributed by atoms with Crippen molar-refractivity contribution >= 4 is 50.6 Å². The molecule has 2 aromatic rings. The van der Waals surface area contributed by atoms with Crippen LogP contribution in [-0.2, 0) is 10.0 Å². The van der Waals surface area contributed by atoms with E-state index < -0.39 is 33.1 Å². The lowest BCUT2D eigenvalue weighted by Crippen LogP contribution is -2.16. The number of carboxylic acid groups (broad SMARTS) is 1. The SMILES string of the molecule is Nc1c(Cl)cc(S(=O)(=O)Nc2cccc(F)c2C(=O)O)cc1Cl. The third-order valence-electron chi connectivity index (χ3n) is 2.83. The van der Waals surface area contributed by atoms with Gasteiger partial charge in [-0.1, -0.05) is 29.3 Å². The van der Waals surface area contributed by atoms with Crippen molar-refractivity contribution in [2.24, 2.45) is 0 Å². The number of carboxylic acids is 1. The molecule has 0 aliphatic heterocycles. The van der Waals surface area contributed by atoms with Crippen LogP contribution < -0.4 is 10.5 Å². The van der Waals surface area contributed by atoms with Gasteiger partial charge in [-0.25, -0.2) is 17.6 Å². The average molecular weight is 379 g/mol. The minimum atomic E-state index is -4.25. The van der Waals surface area contributed by atoms with Crippen LogP contribution in [0.2, 0.25) is 10.0 Å². The Bertz CT molecular complexity index is 880. The number of hydrogen-bond donors (Lipinski definition) is 3. The molecule has 0 heterocycles.